The summed E-state index contributed by atoms with van der Waals surface area (Å²) in [5, 5.41) is 6.85. The lowest BCUT2D eigenvalue weighted by Crippen LogP contribution is -2.48. The van der Waals surface area contributed by atoms with E-state index in [0.29, 0.717) is 30.5 Å². The van der Waals surface area contributed by atoms with Crippen molar-refractivity contribution in [1.29, 1.82) is 0 Å². The number of benzene rings is 1. The van der Waals surface area contributed by atoms with Crippen LogP contribution in [0.25, 0.3) is 0 Å². The van der Waals surface area contributed by atoms with Crippen molar-refractivity contribution in [2.75, 3.05) is 0 Å². The highest BCUT2D eigenvalue weighted by atomic mass is 16.1. The van der Waals surface area contributed by atoms with Crippen molar-refractivity contribution >= 4 is 5.91 Å². The highest BCUT2D eigenvalue weighted by Gasteiger charge is 2.33. The van der Waals surface area contributed by atoms with Crippen LogP contribution < -0.4 is 10.6 Å². The van der Waals surface area contributed by atoms with Crippen molar-refractivity contribution in [1.82, 2.24) is 10.6 Å². The van der Waals surface area contributed by atoms with Gasteiger partial charge in [0.05, 0.1) is 0 Å². The number of fused-ring (bicyclic) bond motifs is 2. The first kappa shape index (κ1) is 15.5. The Kier molecular flexibility index (Phi) is 4.82. The zero-order valence-corrected chi connectivity index (χ0v) is 13.8. The minimum absolute atomic E-state index is 0.208. The molecule has 0 aliphatic carbocycles. The first-order valence-electron chi connectivity index (χ1n) is 8.74. The van der Waals surface area contributed by atoms with Gasteiger partial charge in [0.2, 0.25) is 5.91 Å². The summed E-state index contributed by atoms with van der Waals surface area (Å²) in [6.45, 7) is 4.41. The Labute approximate surface area is 133 Å². The third-order valence-electron chi connectivity index (χ3n) is 5.13. The van der Waals surface area contributed by atoms with Crippen molar-refractivity contribution in [3.05, 3.63) is 35.4 Å². The molecular weight excluding hydrogens is 272 g/mol. The van der Waals surface area contributed by atoms with Crippen LogP contribution in [0.1, 0.15) is 63.0 Å². The molecule has 2 unspecified atom stereocenters. The summed E-state index contributed by atoms with van der Waals surface area (Å²) < 4.78 is 0. The number of nitrogens with one attached hydrogen (secondary N) is 2. The van der Waals surface area contributed by atoms with Crippen molar-refractivity contribution in [3.8, 4) is 0 Å². The fourth-order valence-electron chi connectivity index (χ4n) is 3.80. The second-order valence-electron chi connectivity index (χ2n) is 7.27. The average molecular weight is 300 g/mol. The van der Waals surface area contributed by atoms with Gasteiger partial charge >= 0.3 is 0 Å². The van der Waals surface area contributed by atoms with E-state index < -0.39 is 0 Å². The number of hydrogen-bond donors (Lipinski definition) is 2. The summed E-state index contributed by atoms with van der Waals surface area (Å²) in [5.74, 6) is 0.770. The van der Waals surface area contributed by atoms with E-state index in [9.17, 15) is 4.79 Å². The number of piperidine rings is 1. The normalized spacial score (nSPS) is 27.1. The number of carbonyl (C=O) groups excluding carboxylic acids is 1. The van der Waals surface area contributed by atoms with Crippen molar-refractivity contribution in [3.63, 3.8) is 0 Å². The minimum Gasteiger partial charge on any atom is -0.353 e. The number of hydrogen-bond acceptors (Lipinski definition) is 2. The molecule has 3 rings (SSSR count). The third kappa shape index (κ3) is 3.89. The van der Waals surface area contributed by atoms with Gasteiger partial charge in [-0.3, -0.25) is 4.79 Å². The summed E-state index contributed by atoms with van der Waals surface area (Å²) >= 11 is 0. The molecular formula is C19H28N2O. The summed E-state index contributed by atoms with van der Waals surface area (Å²) in [4.78, 5) is 12.2. The standard InChI is InChI=1S/C19H28N2O/c1-13(2)15-6-3-14(4-7-15)5-10-19(22)21-18-11-16-8-9-17(12-18)20-16/h3-4,6-7,13,16-18,20H,5,8-12H2,1-2H3,(H,21,22). The Morgan fingerprint density at radius 1 is 1.18 bits per heavy atom. The van der Waals surface area contributed by atoms with E-state index in [1.54, 1.807) is 0 Å². The molecule has 2 bridgehead atoms. The molecule has 0 radical (unpaired) electrons. The molecule has 1 aromatic rings. The van der Waals surface area contributed by atoms with Crippen molar-refractivity contribution in [2.45, 2.75) is 76.4 Å². The molecule has 2 fully saturated rings. The Morgan fingerprint density at radius 2 is 1.82 bits per heavy atom. The number of carbonyl (C=O) groups is 1. The van der Waals surface area contributed by atoms with Gasteiger partial charge in [0.15, 0.2) is 0 Å². The van der Waals surface area contributed by atoms with Crippen LogP contribution in [-0.4, -0.2) is 24.0 Å². The molecule has 0 saturated carbocycles. The summed E-state index contributed by atoms with van der Waals surface area (Å²) in [7, 11) is 0. The fourth-order valence-corrected chi connectivity index (χ4v) is 3.80. The highest BCUT2D eigenvalue weighted by molar-refractivity contribution is 5.76. The lowest BCUT2D eigenvalue weighted by Gasteiger charge is -2.29. The minimum atomic E-state index is 0.208. The van der Waals surface area contributed by atoms with Crippen LogP contribution in [0.5, 0.6) is 0 Å². The second-order valence-corrected chi connectivity index (χ2v) is 7.27. The van der Waals surface area contributed by atoms with Crippen molar-refractivity contribution in [2.24, 2.45) is 0 Å². The molecule has 0 spiro atoms. The molecule has 22 heavy (non-hydrogen) atoms. The highest BCUT2D eigenvalue weighted by Crippen LogP contribution is 2.26. The van der Waals surface area contributed by atoms with E-state index in [1.165, 1.54) is 24.0 Å². The largest absolute Gasteiger partial charge is 0.353 e. The van der Waals surface area contributed by atoms with Gasteiger partial charge < -0.3 is 10.6 Å². The maximum Gasteiger partial charge on any atom is 0.220 e. The van der Waals surface area contributed by atoms with Gasteiger partial charge in [0.25, 0.3) is 0 Å². The quantitative estimate of drug-likeness (QED) is 0.877. The maximum atomic E-state index is 12.2. The molecule has 2 N–H and O–H groups in total. The first-order chi connectivity index (χ1) is 10.6. The molecule has 2 aliphatic heterocycles. The zero-order chi connectivity index (χ0) is 15.5. The Balaban J connectivity index is 1.44. The van der Waals surface area contributed by atoms with Gasteiger partial charge in [-0.15, -0.1) is 0 Å². The van der Waals surface area contributed by atoms with E-state index in [4.69, 9.17) is 0 Å². The zero-order valence-electron chi connectivity index (χ0n) is 13.8. The number of amides is 1. The summed E-state index contributed by atoms with van der Waals surface area (Å²) in [6, 6.07) is 10.3. The Morgan fingerprint density at radius 3 is 2.41 bits per heavy atom. The smallest absolute Gasteiger partial charge is 0.220 e. The van der Waals surface area contributed by atoms with E-state index >= 15 is 0 Å². The topological polar surface area (TPSA) is 41.1 Å². The van der Waals surface area contributed by atoms with Gasteiger partial charge in [0.1, 0.15) is 0 Å². The molecule has 3 heteroatoms. The van der Waals surface area contributed by atoms with Crippen LogP contribution in [0.2, 0.25) is 0 Å². The van der Waals surface area contributed by atoms with Crippen molar-refractivity contribution < 1.29 is 4.79 Å². The van der Waals surface area contributed by atoms with Crippen LogP contribution >= 0.6 is 0 Å². The van der Waals surface area contributed by atoms with E-state index in [2.05, 4.69) is 48.7 Å². The van der Waals surface area contributed by atoms with Crippen LogP contribution in [0, 0.1) is 0 Å². The molecule has 120 valence electrons. The number of rotatable bonds is 5. The van der Waals surface area contributed by atoms with Crippen LogP contribution in [-0.2, 0) is 11.2 Å². The monoisotopic (exact) mass is 300 g/mol. The Hall–Kier alpha value is -1.35. The molecule has 1 aromatic carbocycles. The molecule has 2 saturated heterocycles. The lowest BCUT2D eigenvalue weighted by molar-refractivity contribution is -0.122. The van der Waals surface area contributed by atoms with E-state index in [-0.39, 0.29) is 5.91 Å². The molecule has 3 nitrogen and oxygen atoms in total. The molecule has 1 amide bonds. The van der Waals surface area contributed by atoms with Gasteiger partial charge in [-0.25, -0.2) is 0 Å². The summed E-state index contributed by atoms with van der Waals surface area (Å²) in [6.07, 6.45) is 6.19. The summed E-state index contributed by atoms with van der Waals surface area (Å²) in [5.41, 5.74) is 2.61. The van der Waals surface area contributed by atoms with Gasteiger partial charge in [0, 0.05) is 24.5 Å². The molecule has 2 aliphatic rings. The van der Waals surface area contributed by atoms with Gasteiger partial charge in [-0.2, -0.15) is 0 Å². The second kappa shape index (κ2) is 6.82. The third-order valence-corrected chi connectivity index (χ3v) is 5.13. The lowest BCUT2D eigenvalue weighted by atomic mass is 9.99. The van der Waals surface area contributed by atoms with E-state index in [1.807, 2.05) is 0 Å². The Bertz CT molecular complexity index is 497. The predicted octanol–water partition coefficient (Wildman–Crippen LogP) is 3.14. The van der Waals surface area contributed by atoms with Crippen LogP contribution in [0.3, 0.4) is 0 Å². The predicted molar refractivity (Wildman–Crippen MR) is 90.0 cm³/mol. The van der Waals surface area contributed by atoms with Crippen LogP contribution in [0.15, 0.2) is 24.3 Å². The fraction of sp³-hybridized carbons (Fsp3) is 0.632. The van der Waals surface area contributed by atoms with Crippen LogP contribution in [0.4, 0.5) is 0 Å². The van der Waals surface area contributed by atoms with E-state index in [0.717, 1.165) is 19.3 Å². The SMILES string of the molecule is CC(C)c1ccc(CCC(=O)NC2CC3CCC(C2)N3)cc1. The first-order valence-corrected chi connectivity index (χ1v) is 8.74. The molecule has 0 aromatic heterocycles. The maximum absolute atomic E-state index is 12.2. The van der Waals surface area contributed by atoms with Gasteiger partial charge in [-0.1, -0.05) is 38.1 Å². The molecule has 2 atom stereocenters. The van der Waals surface area contributed by atoms with Gasteiger partial charge in [-0.05, 0) is 49.1 Å². The number of aryl methyl sites for hydroxylation is 1. The average Bonchev–Trinajstić information content (AvgIpc) is 2.84. The molecule has 2 heterocycles.